The number of carboxylic acids is 1. The maximum atomic E-state index is 11.8. The number of aryl methyl sites for hydroxylation is 1. The van der Waals surface area contributed by atoms with Crippen molar-refractivity contribution in [2.24, 2.45) is 0 Å². The topological polar surface area (TPSA) is 70.4 Å². The number of para-hydroxylation sites is 1. The van der Waals surface area contributed by atoms with E-state index >= 15 is 0 Å². The molecular weight excluding hydrogens is 396 g/mol. The van der Waals surface area contributed by atoms with E-state index in [4.69, 9.17) is 12.2 Å². The van der Waals surface area contributed by atoms with Gasteiger partial charge < -0.3 is 19.9 Å². The highest BCUT2D eigenvalue weighted by molar-refractivity contribution is 7.80. The first-order chi connectivity index (χ1) is 14.4. The van der Waals surface area contributed by atoms with Crippen LogP contribution in [0.2, 0.25) is 0 Å². The van der Waals surface area contributed by atoms with Gasteiger partial charge in [0.25, 0.3) is 0 Å². The molecule has 3 heterocycles. The highest BCUT2D eigenvalue weighted by Gasteiger charge is 2.40. The van der Waals surface area contributed by atoms with Crippen LogP contribution in [0.5, 0.6) is 0 Å². The molecule has 7 heteroatoms. The number of carbonyl (C=O) groups is 1. The predicted molar refractivity (Wildman–Crippen MR) is 120 cm³/mol. The lowest BCUT2D eigenvalue weighted by Crippen LogP contribution is -2.29. The maximum Gasteiger partial charge on any atom is 0.337 e. The number of aromatic nitrogens is 2. The van der Waals surface area contributed by atoms with Crippen molar-refractivity contribution in [3.8, 4) is 5.69 Å². The third-order valence-corrected chi connectivity index (χ3v) is 6.06. The van der Waals surface area contributed by atoms with Crippen LogP contribution in [0.3, 0.4) is 0 Å². The monoisotopic (exact) mass is 420 g/mol. The van der Waals surface area contributed by atoms with Gasteiger partial charge in [0.05, 0.1) is 29.0 Å². The Bertz CT molecular complexity index is 1110. The van der Waals surface area contributed by atoms with Gasteiger partial charge in [-0.2, -0.15) is 0 Å². The van der Waals surface area contributed by atoms with E-state index in [1.165, 1.54) is 0 Å². The largest absolute Gasteiger partial charge is 0.478 e. The molecule has 30 heavy (non-hydrogen) atoms. The number of carboxylic acid groups (broad SMARTS) is 1. The summed E-state index contributed by atoms with van der Waals surface area (Å²) in [7, 11) is 0. The highest BCUT2D eigenvalue weighted by atomic mass is 32.1. The molecule has 2 N–H and O–H groups in total. The van der Waals surface area contributed by atoms with E-state index in [1.54, 1.807) is 18.3 Å². The zero-order valence-corrected chi connectivity index (χ0v) is 18.0. The Morgan fingerprint density at radius 1 is 1.20 bits per heavy atom. The van der Waals surface area contributed by atoms with E-state index in [1.807, 2.05) is 48.7 Å². The molecule has 0 bridgehead atoms. The van der Waals surface area contributed by atoms with Gasteiger partial charge in [0.2, 0.25) is 0 Å². The molecule has 0 aliphatic carbocycles. The van der Waals surface area contributed by atoms with Crippen molar-refractivity contribution in [1.29, 1.82) is 0 Å². The van der Waals surface area contributed by atoms with Crippen LogP contribution < -0.4 is 5.32 Å². The quantitative estimate of drug-likeness (QED) is 0.604. The minimum absolute atomic E-state index is 0.0330. The lowest BCUT2D eigenvalue weighted by Gasteiger charge is -2.27. The van der Waals surface area contributed by atoms with Crippen molar-refractivity contribution in [2.45, 2.75) is 32.9 Å². The fourth-order valence-corrected chi connectivity index (χ4v) is 4.76. The molecule has 2 aromatic heterocycles. The first-order valence-electron chi connectivity index (χ1n) is 9.93. The van der Waals surface area contributed by atoms with Crippen molar-refractivity contribution < 1.29 is 9.90 Å². The van der Waals surface area contributed by atoms with Crippen molar-refractivity contribution in [3.05, 3.63) is 82.9 Å². The Kier molecular flexibility index (Phi) is 5.30. The van der Waals surface area contributed by atoms with E-state index in [0.29, 0.717) is 10.8 Å². The zero-order valence-electron chi connectivity index (χ0n) is 17.2. The maximum absolute atomic E-state index is 11.8. The summed E-state index contributed by atoms with van der Waals surface area (Å²) in [4.78, 5) is 18.5. The standard InChI is InChI=1S/C23H24N4O2S/c1-4-26-21(20(25-23(26)30)18-10-7-8-12-24-18)17-13-14(2)27(15(17)3)19-11-6-5-9-16(19)22(28)29/h5-13,20-21H,4H2,1-3H3,(H,25,30)(H,28,29)/t20-,21-/m0/s1. The lowest BCUT2D eigenvalue weighted by atomic mass is 9.97. The predicted octanol–water partition coefficient (Wildman–Crippen LogP) is 4.18. The number of nitrogens with one attached hydrogen (secondary N) is 1. The van der Waals surface area contributed by atoms with E-state index in [9.17, 15) is 9.90 Å². The van der Waals surface area contributed by atoms with Crippen LogP contribution in [-0.2, 0) is 0 Å². The third-order valence-electron chi connectivity index (χ3n) is 5.70. The summed E-state index contributed by atoms with van der Waals surface area (Å²) in [6.07, 6.45) is 1.79. The molecule has 1 saturated heterocycles. The van der Waals surface area contributed by atoms with E-state index in [0.717, 1.165) is 29.2 Å². The summed E-state index contributed by atoms with van der Waals surface area (Å²) in [5, 5.41) is 13.8. The van der Waals surface area contributed by atoms with Gasteiger partial charge >= 0.3 is 5.97 Å². The summed E-state index contributed by atoms with van der Waals surface area (Å²) < 4.78 is 2.02. The number of benzene rings is 1. The molecule has 0 amide bonds. The average Bonchev–Trinajstić information content (AvgIpc) is 3.23. The zero-order chi connectivity index (χ0) is 21.4. The average molecular weight is 421 g/mol. The molecule has 2 atom stereocenters. The summed E-state index contributed by atoms with van der Waals surface area (Å²) in [5.41, 5.74) is 4.95. The SMILES string of the molecule is CCN1C(=S)N[C@@H](c2ccccn2)[C@@H]1c1cc(C)n(-c2ccccc2C(=O)O)c1C. The van der Waals surface area contributed by atoms with Gasteiger partial charge in [-0.3, -0.25) is 4.98 Å². The second-order valence-electron chi connectivity index (χ2n) is 7.40. The van der Waals surface area contributed by atoms with E-state index in [2.05, 4.69) is 28.2 Å². The Labute approximate surface area is 181 Å². The van der Waals surface area contributed by atoms with Crippen LogP contribution in [0.1, 0.15) is 52.0 Å². The molecular formula is C23H24N4O2S. The van der Waals surface area contributed by atoms with Crippen LogP contribution >= 0.6 is 12.2 Å². The molecule has 1 aliphatic rings. The summed E-state index contributed by atoms with van der Waals surface area (Å²) in [6.45, 7) is 6.88. The summed E-state index contributed by atoms with van der Waals surface area (Å²) in [6, 6.07) is 15.0. The number of pyridine rings is 1. The van der Waals surface area contributed by atoms with Gasteiger partial charge in [0.1, 0.15) is 0 Å². The number of aromatic carboxylic acids is 1. The normalized spacial score (nSPS) is 18.5. The lowest BCUT2D eigenvalue weighted by molar-refractivity contribution is 0.0697. The number of thiocarbonyl (C=S) groups is 1. The summed E-state index contributed by atoms with van der Waals surface area (Å²) >= 11 is 5.63. The van der Waals surface area contributed by atoms with Crippen LogP contribution in [0.15, 0.2) is 54.7 Å². The van der Waals surface area contributed by atoms with Gasteiger partial charge in [-0.15, -0.1) is 0 Å². The molecule has 0 saturated carbocycles. The first kappa shape index (κ1) is 20.1. The Hall–Kier alpha value is -3.19. The molecule has 154 valence electrons. The molecule has 0 unspecified atom stereocenters. The molecule has 6 nitrogen and oxygen atoms in total. The molecule has 1 fully saturated rings. The Morgan fingerprint density at radius 3 is 2.60 bits per heavy atom. The van der Waals surface area contributed by atoms with Gasteiger partial charge in [-0.25, -0.2) is 4.79 Å². The second kappa shape index (κ2) is 7.91. The molecule has 1 aliphatic heterocycles. The minimum atomic E-state index is -0.940. The summed E-state index contributed by atoms with van der Waals surface area (Å²) in [5.74, 6) is -0.940. The smallest absolute Gasteiger partial charge is 0.337 e. The number of likely N-dealkylation sites (N-methyl/N-ethyl adjacent to an activating group) is 1. The van der Waals surface area contributed by atoms with Crippen molar-refractivity contribution >= 4 is 23.3 Å². The van der Waals surface area contributed by atoms with Crippen molar-refractivity contribution in [2.75, 3.05) is 6.54 Å². The Balaban J connectivity index is 1.87. The van der Waals surface area contributed by atoms with Gasteiger partial charge in [0.15, 0.2) is 5.11 Å². The molecule has 1 aromatic carbocycles. The van der Waals surface area contributed by atoms with E-state index in [-0.39, 0.29) is 17.6 Å². The van der Waals surface area contributed by atoms with Crippen LogP contribution in [0.4, 0.5) is 0 Å². The minimum Gasteiger partial charge on any atom is -0.478 e. The van der Waals surface area contributed by atoms with Gasteiger partial charge in [-0.1, -0.05) is 18.2 Å². The van der Waals surface area contributed by atoms with Crippen LogP contribution in [0.25, 0.3) is 5.69 Å². The molecule has 0 radical (unpaired) electrons. The van der Waals surface area contributed by atoms with Crippen molar-refractivity contribution in [1.82, 2.24) is 19.8 Å². The van der Waals surface area contributed by atoms with Crippen LogP contribution in [0, 0.1) is 13.8 Å². The third kappa shape index (κ3) is 3.25. The van der Waals surface area contributed by atoms with Crippen LogP contribution in [-0.4, -0.2) is 37.2 Å². The number of hydrogen-bond acceptors (Lipinski definition) is 3. The fraction of sp³-hybridized carbons (Fsp3) is 0.261. The second-order valence-corrected chi connectivity index (χ2v) is 7.78. The fourth-order valence-electron chi connectivity index (χ4n) is 4.39. The number of nitrogens with zero attached hydrogens (tertiary/aromatic N) is 3. The van der Waals surface area contributed by atoms with Crippen molar-refractivity contribution in [3.63, 3.8) is 0 Å². The molecule has 4 rings (SSSR count). The molecule has 3 aromatic rings. The first-order valence-corrected chi connectivity index (χ1v) is 10.3. The highest BCUT2D eigenvalue weighted by Crippen LogP contribution is 2.41. The number of rotatable bonds is 5. The van der Waals surface area contributed by atoms with Gasteiger partial charge in [-0.05, 0) is 68.9 Å². The van der Waals surface area contributed by atoms with E-state index < -0.39 is 5.97 Å². The Morgan fingerprint density at radius 2 is 1.93 bits per heavy atom. The van der Waals surface area contributed by atoms with Gasteiger partial charge in [0, 0.05) is 24.1 Å². The number of hydrogen-bond donors (Lipinski definition) is 2. The molecule has 0 spiro atoms.